The van der Waals surface area contributed by atoms with Crippen molar-refractivity contribution in [3.05, 3.63) is 188 Å². The van der Waals surface area contributed by atoms with Gasteiger partial charge in [0.25, 0.3) is 0 Å². The van der Waals surface area contributed by atoms with Crippen molar-refractivity contribution in [2.75, 3.05) is 36.9 Å². The largest absolute Gasteiger partial charge is 0.494 e. The van der Waals surface area contributed by atoms with E-state index in [-0.39, 0.29) is 6.98 Å². The molecule has 0 saturated heterocycles. The van der Waals surface area contributed by atoms with Crippen molar-refractivity contribution in [1.29, 1.82) is 0 Å². The third kappa shape index (κ3) is 15.8. The van der Waals surface area contributed by atoms with Crippen LogP contribution in [0.15, 0.2) is 188 Å². The fourth-order valence-corrected chi connectivity index (χ4v) is 11.4. The van der Waals surface area contributed by atoms with Crippen molar-refractivity contribution in [2.24, 2.45) is 0 Å². The molecule has 9 aromatic carbocycles. The molecule has 0 fully saturated rings. The van der Waals surface area contributed by atoms with Crippen LogP contribution in [0.3, 0.4) is 0 Å². The number of rotatable bonds is 31. The van der Waals surface area contributed by atoms with E-state index < -0.39 is 0 Å². The fourth-order valence-electron chi connectivity index (χ4n) is 11.4. The smallest absolute Gasteiger partial charge is 0.406 e. The summed E-state index contributed by atoms with van der Waals surface area (Å²) in [6.07, 6.45) is 18.6. The molecule has 1 aliphatic rings. The molecule has 0 radical (unpaired) electrons. The third-order valence-corrected chi connectivity index (χ3v) is 16.1. The number of nitrogens with one attached hydrogen (secondary N) is 2. The van der Waals surface area contributed by atoms with E-state index in [0.29, 0.717) is 26.4 Å². The summed E-state index contributed by atoms with van der Waals surface area (Å²) in [5.74, 6) is 3.56. The van der Waals surface area contributed by atoms with Gasteiger partial charge in [-0.1, -0.05) is 190 Å². The summed E-state index contributed by atoms with van der Waals surface area (Å²) < 4.78 is 25.7. The first-order valence-corrected chi connectivity index (χ1v) is 31.4. The van der Waals surface area contributed by atoms with Crippen molar-refractivity contribution >= 4 is 34.6 Å². The summed E-state index contributed by atoms with van der Waals surface area (Å²) in [7, 11) is 0. The highest BCUT2D eigenvalue weighted by Gasteiger charge is 2.27. The highest BCUT2D eigenvalue weighted by Crippen LogP contribution is 2.40. The minimum absolute atomic E-state index is 0.228. The Balaban J connectivity index is 1.12. The monoisotopic (exact) mass is 1100 g/mol. The molecular weight excluding hydrogens is 1020 g/mol. The van der Waals surface area contributed by atoms with E-state index in [9.17, 15) is 0 Å². The molecule has 6 nitrogen and oxygen atoms in total. The molecule has 9 aromatic rings. The molecule has 0 aliphatic carbocycles. The number of benzene rings is 9. The van der Waals surface area contributed by atoms with E-state index >= 15 is 0 Å². The fraction of sp³-hybridized carbons (Fsp3) is 0.316. The molecule has 0 spiro atoms. The molecule has 83 heavy (non-hydrogen) atoms. The molecule has 426 valence electrons. The third-order valence-electron chi connectivity index (χ3n) is 16.1. The van der Waals surface area contributed by atoms with E-state index in [1.54, 1.807) is 0 Å². The summed E-state index contributed by atoms with van der Waals surface area (Å²) in [4.78, 5) is 0. The van der Waals surface area contributed by atoms with Gasteiger partial charge in [-0.15, -0.1) is 0 Å². The zero-order valence-electron chi connectivity index (χ0n) is 49.8. The Morgan fingerprint density at radius 2 is 0.554 bits per heavy atom. The van der Waals surface area contributed by atoms with E-state index in [1.807, 2.05) is 0 Å². The summed E-state index contributed by atoms with van der Waals surface area (Å²) in [6, 6.07) is 68.9. The predicted molar refractivity (Wildman–Crippen MR) is 354 cm³/mol. The highest BCUT2D eigenvalue weighted by molar-refractivity contribution is 6.80. The van der Waals surface area contributed by atoms with E-state index in [2.05, 4.69) is 226 Å². The van der Waals surface area contributed by atoms with Crippen LogP contribution >= 0.6 is 0 Å². The molecule has 1 heterocycles. The van der Waals surface area contributed by atoms with Gasteiger partial charge in [0.1, 0.15) is 23.0 Å². The van der Waals surface area contributed by atoms with Gasteiger partial charge in [-0.25, -0.2) is 0 Å². The number of ether oxygens (including phenoxy) is 4. The SMILES string of the molecule is CCCCCCOc1cccc(-c2cc(-c3cccc(OCCCCCC)c3)cc(-c3cc(B4Nc5cccc6cccc(c56)N4)cc(-c4cc(-c5cccc(OCCCCCC)c5)cc(-c5cccc(OCCCCCC)c5)c4)c3)c2)c1. The van der Waals surface area contributed by atoms with Gasteiger partial charge in [0, 0.05) is 16.8 Å². The molecule has 2 N–H and O–H groups in total. The molecule has 10 rings (SSSR count). The lowest BCUT2D eigenvalue weighted by Crippen LogP contribution is -2.48. The lowest BCUT2D eigenvalue weighted by atomic mass is 9.65. The molecule has 0 bridgehead atoms. The van der Waals surface area contributed by atoms with Crippen molar-refractivity contribution in [3.63, 3.8) is 0 Å². The Morgan fingerprint density at radius 3 is 0.855 bits per heavy atom. The molecule has 0 unspecified atom stereocenters. The minimum atomic E-state index is -0.228. The molecule has 0 atom stereocenters. The van der Waals surface area contributed by atoms with Crippen LogP contribution in [-0.4, -0.2) is 33.4 Å². The first-order chi connectivity index (χ1) is 40.9. The Labute approximate surface area is 496 Å². The number of hydrogen-bond acceptors (Lipinski definition) is 6. The maximum Gasteiger partial charge on any atom is 0.406 e. The van der Waals surface area contributed by atoms with Crippen molar-refractivity contribution < 1.29 is 18.9 Å². The minimum Gasteiger partial charge on any atom is -0.494 e. The second kappa shape index (κ2) is 29.9. The topological polar surface area (TPSA) is 61.0 Å². The Hall–Kier alpha value is -7.90. The van der Waals surface area contributed by atoms with Crippen molar-refractivity contribution in [2.45, 2.75) is 130 Å². The molecular formula is C76H85BN2O4. The zero-order valence-corrected chi connectivity index (χ0v) is 49.8. The average molecular weight is 1100 g/mol. The molecule has 1 aliphatic heterocycles. The summed E-state index contributed by atoms with van der Waals surface area (Å²) in [5, 5.41) is 10.3. The van der Waals surface area contributed by atoms with Crippen LogP contribution in [0.2, 0.25) is 0 Å². The lowest BCUT2D eigenvalue weighted by Gasteiger charge is -2.27. The summed E-state index contributed by atoms with van der Waals surface area (Å²) >= 11 is 0. The van der Waals surface area contributed by atoms with Crippen LogP contribution in [0.25, 0.3) is 77.5 Å². The van der Waals surface area contributed by atoms with Gasteiger partial charge in [-0.05, 0) is 206 Å². The molecule has 0 amide bonds. The summed E-state index contributed by atoms with van der Waals surface area (Å²) in [6.45, 7) is 11.6. The van der Waals surface area contributed by atoms with Crippen LogP contribution in [-0.2, 0) is 0 Å². The van der Waals surface area contributed by atoms with Gasteiger partial charge in [-0.2, -0.15) is 0 Å². The van der Waals surface area contributed by atoms with Crippen LogP contribution in [0.1, 0.15) is 130 Å². The number of hydrogen-bond donors (Lipinski definition) is 2. The van der Waals surface area contributed by atoms with Gasteiger partial charge in [0.2, 0.25) is 0 Å². The van der Waals surface area contributed by atoms with Gasteiger partial charge in [0.15, 0.2) is 0 Å². The Bertz CT molecular complexity index is 3160. The maximum atomic E-state index is 6.43. The first kappa shape index (κ1) is 58.3. The quantitative estimate of drug-likeness (QED) is 0.0334. The average Bonchev–Trinajstić information content (AvgIpc) is 3.72. The second-order valence-corrected chi connectivity index (χ2v) is 22.6. The lowest BCUT2D eigenvalue weighted by molar-refractivity contribution is 0.305. The van der Waals surface area contributed by atoms with Crippen molar-refractivity contribution in [1.82, 2.24) is 0 Å². The van der Waals surface area contributed by atoms with E-state index in [1.165, 1.54) is 87.8 Å². The Kier molecular flexibility index (Phi) is 21.0. The second-order valence-electron chi connectivity index (χ2n) is 22.6. The van der Waals surface area contributed by atoms with Crippen LogP contribution in [0.4, 0.5) is 11.4 Å². The zero-order chi connectivity index (χ0) is 57.0. The summed E-state index contributed by atoms with van der Waals surface area (Å²) in [5.41, 5.74) is 16.7. The molecule has 7 heteroatoms. The van der Waals surface area contributed by atoms with Crippen LogP contribution in [0.5, 0.6) is 23.0 Å². The predicted octanol–water partition coefficient (Wildman–Crippen LogP) is 20.9. The maximum absolute atomic E-state index is 6.43. The van der Waals surface area contributed by atoms with Crippen LogP contribution < -0.4 is 34.9 Å². The van der Waals surface area contributed by atoms with Crippen LogP contribution in [0, 0.1) is 0 Å². The van der Waals surface area contributed by atoms with Gasteiger partial charge in [0.05, 0.1) is 26.4 Å². The normalized spacial score (nSPS) is 11.8. The van der Waals surface area contributed by atoms with E-state index in [0.717, 1.165) is 132 Å². The molecule has 0 saturated carbocycles. The van der Waals surface area contributed by atoms with Gasteiger partial charge >= 0.3 is 6.98 Å². The number of anilines is 2. The van der Waals surface area contributed by atoms with Crippen molar-refractivity contribution in [3.8, 4) is 89.8 Å². The standard InChI is InChI=1S/C76H85BN2O4/c1-5-9-13-17-39-80-70-33-21-29-57(52-70)61-43-62(58-30-22-34-71(53-58)81-40-18-14-10-6-2)46-65(45-61)67-49-68(51-69(50-67)77-78-74-37-25-27-56-28-26-38-75(79-77)76(56)74)66-47-63(59-31-23-35-72(54-59)82-41-19-15-11-7-3)44-64(48-66)60-32-24-36-73(55-60)83-42-20-16-12-8-4/h21-38,43-55,78-79H,5-20,39-42H2,1-4H3. The van der Waals surface area contributed by atoms with Gasteiger partial charge in [-0.3, -0.25) is 0 Å². The highest BCUT2D eigenvalue weighted by atomic mass is 16.5. The first-order valence-electron chi connectivity index (χ1n) is 31.4. The Morgan fingerprint density at radius 1 is 0.277 bits per heavy atom. The van der Waals surface area contributed by atoms with E-state index in [4.69, 9.17) is 18.9 Å². The number of unbranched alkanes of at least 4 members (excludes halogenated alkanes) is 12. The molecule has 0 aromatic heterocycles. The van der Waals surface area contributed by atoms with Gasteiger partial charge < -0.3 is 29.4 Å².